The number of ether oxygens (including phenoxy) is 1. The van der Waals surface area contributed by atoms with Gasteiger partial charge in [0.1, 0.15) is 4.99 Å². The van der Waals surface area contributed by atoms with Gasteiger partial charge in [-0.25, -0.2) is 0 Å². The van der Waals surface area contributed by atoms with Crippen molar-refractivity contribution < 1.29 is 9.53 Å². The zero-order valence-corrected chi connectivity index (χ0v) is 12.3. The van der Waals surface area contributed by atoms with E-state index in [1.54, 1.807) is 24.3 Å². The van der Waals surface area contributed by atoms with Crippen LogP contribution in [-0.4, -0.2) is 48.1 Å². The molecule has 1 saturated heterocycles. The molecule has 108 valence electrons. The number of nitrogens with zero attached hydrogens (tertiary/aromatic N) is 1. The minimum absolute atomic E-state index is 0.0261. The van der Waals surface area contributed by atoms with E-state index >= 15 is 0 Å². The molecule has 1 fully saturated rings. The fourth-order valence-corrected chi connectivity index (χ4v) is 2.24. The third-order valence-electron chi connectivity index (χ3n) is 3.31. The van der Waals surface area contributed by atoms with Gasteiger partial charge in [-0.1, -0.05) is 12.2 Å². The smallest absolute Gasteiger partial charge is 0.238 e. The van der Waals surface area contributed by atoms with Gasteiger partial charge in [-0.2, -0.15) is 0 Å². The maximum Gasteiger partial charge on any atom is 0.238 e. The summed E-state index contributed by atoms with van der Waals surface area (Å²) in [6, 6.07) is 7.47. The molecule has 1 unspecified atom stereocenters. The molecule has 2 rings (SSSR count). The molecule has 1 aliphatic heterocycles. The molecule has 1 atom stereocenters. The minimum atomic E-state index is -0.0261. The first-order valence-electron chi connectivity index (χ1n) is 6.58. The van der Waals surface area contributed by atoms with Crippen LogP contribution in [0.15, 0.2) is 24.3 Å². The lowest BCUT2D eigenvalue weighted by molar-refractivity contribution is -0.119. The van der Waals surface area contributed by atoms with Crippen LogP contribution in [0.4, 0.5) is 5.69 Å². The topological polar surface area (TPSA) is 67.6 Å². The standard InChI is InChI=1S/C14H19N3O2S/c1-10-9-19-7-6-17(10)8-13(18)16-12-4-2-11(3-5-12)14(15)20/h2-5,10H,6-9H2,1H3,(H2,15,20)(H,16,18). The summed E-state index contributed by atoms with van der Waals surface area (Å²) in [4.78, 5) is 14.5. The number of benzene rings is 1. The van der Waals surface area contributed by atoms with E-state index in [9.17, 15) is 4.79 Å². The van der Waals surface area contributed by atoms with Gasteiger partial charge in [-0.3, -0.25) is 9.69 Å². The average Bonchev–Trinajstić information content (AvgIpc) is 2.42. The van der Waals surface area contributed by atoms with E-state index in [1.165, 1.54) is 0 Å². The monoisotopic (exact) mass is 293 g/mol. The van der Waals surface area contributed by atoms with E-state index in [2.05, 4.69) is 17.1 Å². The fraction of sp³-hybridized carbons (Fsp3) is 0.429. The first-order valence-corrected chi connectivity index (χ1v) is 6.98. The number of anilines is 1. The van der Waals surface area contributed by atoms with Crippen LogP contribution in [-0.2, 0) is 9.53 Å². The van der Waals surface area contributed by atoms with Crippen molar-refractivity contribution in [3.63, 3.8) is 0 Å². The average molecular weight is 293 g/mol. The molecule has 0 bridgehead atoms. The molecule has 0 radical (unpaired) electrons. The van der Waals surface area contributed by atoms with Gasteiger partial charge in [0, 0.05) is 23.8 Å². The lowest BCUT2D eigenvalue weighted by Crippen LogP contribution is -2.47. The van der Waals surface area contributed by atoms with Crippen molar-refractivity contribution in [3.8, 4) is 0 Å². The van der Waals surface area contributed by atoms with E-state index in [-0.39, 0.29) is 11.9 Å². The van der Waals surface area contributed by atoms with Gasteiger partial charge in [-0.15, -0.1) is 0 Å². The van der Waals surface area contributed by atoms with Gasteiger partial charge in [0.2, 0.25) is 5.91 Å². The van der Waals surface area contributed by atoms with Crippen molar-refractivity contribution in [3.05, 3.63) is 29.8 Å². The number of hydrogen-bond acceptors (Lipinski definition) is 4. The second kappa shape index (κ2) is 6.78. The Kier molecular flexibility index (Phi) is 5.05. The first-order chi connectivity index (χ1) is 9.56. The number of carbonyl (C=O) groups excluding carboxylic acids is 1. The predicted molar refractivity (Wildman–Crippen MR) is 82.8 cm³/mol. The predicted octanol–water partition coefficient (Wildman–Crippen LogP) is 0.980. The molecular weight excluding hydrogens is 274 g/mol. The Morgan fingerprint density at radius 2 is 2.20 bits per heavy atom. The highest BCUT2D eigenvalue weighted by molar-refractivity contribution is 7.80. The lowest BCUT2D eigenvalue weighted by atomic mass is 10.2. The number of hydrogen-bond donors (Lipinski definition) is 2. The number of rotatable bonds is 4. The van der Waals surface area contributed by atoms with E-state index in [4.69, 9.17) is 22.7 Å². The van der Waals surface area contributed by atoms with Gasteiger partial charge < -0.3 is 15.8 Å². The number of nitrogens with one attached hydrogen (secondary N) is 1. The molecule has 1 aromatic rings. The van der Waals surface area contributed by atoms with E-state index in [0.29, 0.717) is 24.7 Å². The van der Waals surface area contributed by atoms with E-state index in [1.807, 2.05) is 0 Å². The highest BCUT2D eigenvalue weighted by Gasteiger charge is 2.20. The Morgan fingerprint density at radius 1 is 1.50 bits per heavy atom. The Labute approximate surface area is 124 Å². The zero-order chi connectivity index (χ0) is 14.5. The van der Waals surface area contributed by atoms with Crippen molar-refractivity contribution in [1.29, 1.82) is 0 Å². The Balaban J connectivity index is 1.89. The second-order valence-corrected chi connectivity index (χ2v) is 5.32. The number of nitrogens with two attached hydrogens (primary N) is 1. The van der Waals surface area contributed by atoms with E-state index in [0.717, 1.165) is 17.8 Å². The first kappa shape index (κ1) is 14.9. The summed E-state index contributed by atoms with van der Waals surface area (Å²) in [5, 5.41) is 2.87. The van der Waals surface area contributed by atoms with E-state index < -0.39 is 0 Å². The summed E-state index contributed by atoms with van der Waals surface area (Å²) >= 11 is 4.89. The van der Waals surface area contributed by atoms with Crippen LogP contribution in [0, 0.1) is 0 Å². The maximum atomic E-state index is 12.0. The van der Waals surface area contributed by atoms with Crippen LogP contribution in [0.2, 0.25) is 0 Å². The van der Waals surface area contributed by atoms with Crippen molar-refractivity contribution in [2.75, 3.05) is 31.6 Å². The third-order valence-corrected chi connectivity index (χ3v) is 3.54. The minimum Gasteiger partial charge on any atom is -0.389 e. The lowest BCUT2D eigenvalue weighted by Gasteiger charge is -2.32. The zero-order valence-electron chi connectivity index (χ0n) is 11.5. The van der Waals surface area contributed by atoms with Crippen LogP contribution < -0.4 is 11.1 Å². The summed E-state index contributed by atoms with van der Waals surface area (Å²) in [5.74, 6) is -0.0261. The molecular formula is C14H19N3O2S. The molecule has 5 nitrogen and oxygen atoms in total. The summed E-state index contributed by atoms with van der Waals surface area (Å²) in [5.41, 5.74) is 7.07. The quantitative estimate of drug-likeness (QED) is 0.810. The molecule has 0 aromatic heterocycles. The second-order valence-electron chi connectivity index (χ2n) is 4.88. The van der Waals surface area contributed by atoms with Crippen LogP contribution in [0.25, 0.3) is 0 Å². The van der Waals surface area contributed by atoms with Crippen LogP contribution in [0.1, 0.15) is 12.5 Å². The van der Waals surface area contributed by atoms with Gasteiger partial charge in [0.15, 0.2) is 0 Å². The van der Waals surface area contributed by atoms with Gasteiger partial charge in [0.05, 0.1) is 19.8 Å². The Hall–Kier alpha value is -1.50. The van der Waals surface area contributed by atoms with Crippen LogP contribution in [0.5, 0.6) is 0 Å². The molecule has 1 amide bonds. The van der Waals surface area contributed by atoms with Gasteiger partial charge in [-0.05, 0) is 31.2 Å². The van der Waals surface area contributed by atoms with Crippen molar-refractivity contribution >= 4 is 28.8 Å². The van der Waals surface area contributed by atoms with Gasteiger partial charge >= 0.3 is 0 Å². The molecule has 3 N–H and O–H groups in total. The normalized spacial score (nSPS) is 19.6. The molecule has 0 saturated carbocycles. The maximum absolute atomic E-state index is 12.0. The van der Waals surface area contributed by atoms with Crippen LogP contribution in [0.3, 0.4) is 0 Å². The fourth-order valence-electron chi connectivity index (χ4n) is 2.10. The molecule has 0 aliphatic carbocycles. The number of thiocarbonyl (C=S) groups is 1. The summed E-state index contributed by atoms with van der Waals surface area (Å²) in [6.07, 6.45) is 0. The number of amides is 1. The molecule has 0 spiro atoms. The third kappa shape index (κ3) is 4.00. The van der Waals surface area contributed by atoms with Crippen molar-refractivity contribution in [2.45, 2.75) is 13.0 Å². The highest BCUT2D eigenvalue weighted by Crippen LogP contribution is 2.11. The number of carbonyl (C=O) groups is 1. The van der Waals surface area contributed by atoms with Crippen molar-refractivity contribution in [1.82, 2.24) is 4.90 Å². The Bertz CT molecular complexity index is 490. The number of morpholine rings is 1. The largest absolute Gasteiger partial charge is 0.389 e. The summed E-state index contributed by atoms with van der Waals surface area (Å²) in [7, 11) is 0. The molecule has 20 heavy (non-hydrogen) atoms. The summed E-state index contributed by atoms with van der Waals surface area (Å²) < 4.78 is 5.35. The molecule has 1 heterocycles. The molecule has 6 heteroatoms. The molecule has 1 aromatic carbocycles. The van der Waals surface area contributed by atoms with Crippen LogP contribution >= 0.6 is 12.2 Å². The Morgan fingerprint density at radius 3 is 2.80 bits per heavy atom. The van der Waals surface area contributed by atoms with Gasteiger partial charge in [0.25, 0.3) is 0 Å². The summed E-state index contributed by atoms with van der Waals surface area (Å²) in [6.45, 7) is 4.58. The SMILES string of the molecule is CC1COCCN1CC(=O)Nc1ccc(C(N)=S)cc1. The highest BCUT2D eigenvalue weighted by atomic mass is 32.1. The molecule has 1 aliphatic rings. The van der Waals surface area contributed by atoms with Crippen molar-refractivity contribution in [2.24, 2.45) is 5.73 Å².